The number of nitrogens with two attached hydrogens (primary N) is 1. The highest BCUT2D eigenvalue weighted by atomic mass is 16.5. The average molecular weight is 143 g/mol. The summed E-state index contributed by atoms with van der Waals surface area (Å²) < 4.78 is 5.23. The van der Waals surface area contributed by atoms with E-state index < -0.39 is 0 Å². The van der Waals surface area contributed by atoms with Crippen LogP contribution in [0, 0.1) is 0 Å². The van der Waals surface area contributed by atoms with Crippen LogP contribution < -0.4 is 5.73 Å². The molecule has 0 heterocycles. The summed E-state index contributed by atoms with van der Waals surface area (Å²) in [7, 11) is 0. The van der Waals surface area contributed by atoms with E-state index >= 15 is 0 Å². The summed E-state index contributed by atoms with van der Waals surface area (Å²) in [5, 5.41) is 0. The predicted molar refractivity (Wildman–Crippen MR) is 43.9 cm³/mol. The molecule has 0 aromatic heterocycles. The Kier molecular flexibility index (Phi) is 8.37. The Bertz CT molecular complexity index is 81.3. The van der Waals surface area contributed by atoms with Gasteiger partial charge in [0.2, 0.25) is 0 Å². The zero-order valence-electron chi connectivity index (χ0n) is 6.68. The van der Waals surface area contributed by atoms with Crippen LogP contribution in [0.4, 0.5) is 0 Å². The molecule has 2 N–H and O–H groups in total. The van der Waals surface area contributed by atoms with Gasteiger partial charge in [0.25, 0.3) is 0 Å². The molecule has 0 amide bonds. The summed E-state index contributed by atoms with van der Waals surface area (Å²) in [6, 6.07) is 0. The highest BCUT2D eigenvalue weighted by Crippen LogP contribution is 1.87. The molecule has 0 saturated heterocycles. The molecule has 0 atom stereocenters. The highest BCUT2D eigenvalue weighted by molar-refractivity contribution is 4.81. The Balaban J connectivity index is 2.83. The zero-order valence-corrected chi connectivity index (χ0v) is 6.68. The summed E-state index contributed by atoms with van der Waals surface area (Å²) >= 11 is 0. The molecule has 10 heavy (non-hydrogen) atoms. The van der Waals surface area contributed by atoms with E-state index in [1.54, 1.807) is 0 Å². The zero-order chi connectivity index (χ0) is 7.66. The molecular weight excluding hydrogens is 126 g/mol. The lowest BCUT2D eigenvalue weighted by Crippen LogP contribution is -1.96. The van der Waals surface area contributed by atoms with Gasteiger partial charge >= 0.3 is 0 Å². The summed E-state index contributed by atoms with van der Waals surface area (Å²) in [5.41, 5.74) is 5.23. The maximum Gasteiger partial charge on any atom is 0.0647 e. The van der Waals surface area contributed by atoms with Crippen LogP contribution in [-0.2, 0) is 4.74 Å². The molecule has 0 rings (SSSR count). The summed E-state index contributed by atoms with van der Waals surface area (Å²) in [6.07, 6.45) is 6.21. The smallest absolute Gasteiger partial charge is 0.0647 e. The Morgan fingerprint density at radius 1 is 1.40 bits per heavy atom. The first-order chi connectivity index (χ1) is 4.91. The van der Waals surface area contributed by atoms with Crippen LogP contribution in [0.3, 0.4) is 0 Å². The van der Waals surface area contributed by atoms with E-state index in [1.165, 1.54) is 6.42 Å². The predicted octanol–water partition coefficient (Wildman–Crippen LogP) is 1.32. The lowest BCUT2D eigenvalue weighted by Gasteiger charge is -1.96. The molecule has 0 aliphatic rings. The van der Waals surface area contributed by atoms with Crippen molar-refractivity contribution in [2.24, 2.45) is 5.73 Å². The molecular formula is C8H17NO. The molecule has 0 saturated carbocycles. The fraction of sp³-hybridized carbons (Fsp3) is 0.750. The van der Waals surface area contributed by atoms with Gasteiger partial charge in [-0.3, -0.25) is 0 Å². The monoisotopic (exact) mass is 143 g/mol. The standard InChI is InChI=1S/C8H17NO/c1-2-3-7-10-8-5-4-6-9/h4-5H,2-3,6-9H2,1H3. The van der Waals surface area contributed by atoms with Gasteiger partial charge in [-0.15, -0.1) is 0 Å². The van der Waals surface area contributed by atoms with E-state index in [0.29, 0.717) is 13.2 Å². The number of hydrogen-bond donors (Lipinski definition) is 1. The minimum absolute atomic E-state index is 0.608. The molecule has 60 valence electrons. The van der Waals surface area contributed by atoms with E-state index in [9.17, 15) is 0 Å². The van der Waals surface area contributed by atoms with Gasteiger partial charge in [0, 0.05) is 13.2 Å². The van der Waals surface area contributed by atoms with Crippen molar-refractivity contribution in [2.45, 2.75) is 19.8 Å². The quantitative estimate of drug-likeness (QED) is 0.449. The molecule has 0 fully saturated rings. The van der Waals surface area contributed by atoms with E-state index in [1.807, 2.05) is 12.2 Å². The second-order valence-corrected chi connectivity index (χ2v) is 2.14. The Morgan fingerprint density at radius 2 is 2.20 bits per heavy atom. The second kappa shape index (κ2) is 8.66. The lowest BCUT2D eigenvalue weighted by molar-refractivity contribution is 0.159. The van der Waals surface area contributed by atoms with Gasteiger partial charge < -0.3 is 10.5 Å². The van der Waals surface area contributed by atoms with E-state index in [-0.39, 0.29) is 0 Å². The number of ether oxygens (including phenoxy) is 1. The maximum atomic E-state index is 5.23. The highest BCUT2D eigenvalue weighted by Gasteiger charge is 1.81. The van der Waals surface area contributed by atoms with Crippen molar-refractivity contribution in [1.29, 1.82) is 0 Å². The first-order valence-corrected chi connectivity index (χ1v) is 3.84. The van der Waals surface area contributed by atoms with Crippen molar-refractivity contribution >= 4 is 0 Å². The second-order valence-electron chi connectivity index (χ2n) is 2.14. The van der Waals surface area contributed by atoms with Crippen molar-refractivity contribution in [1.82, 2.24) is 0 Å². The molecule has 0 unspecified atom stereocenters. The number of hydrogen-bond acceptors (Lipinski definition) is 2. The molecule has 0 spiro atoms. The third-order valence-corrected chi connectivity index (χ3v) is 1.16. The Labute approximate surface area is 63.1 Å². The molecule has 0 aliphatic carbocycles. The number of unbranched alkanes of at least 4 members (excludes halogenated alkanes) is 1. The Morgan fingerprint density at radius 3 is 2.80 bits per heavy atom. The molecule has 0 aromatic rings. The van der Waals surface area contributed by atoms with Gasteiger partial charge in [0.15, 0.2) is 0 Å². The van der Waals surface area contributed by atoms with Crippen molar-refractivity contribution in [3.8, 4) is 0 Å². The SMILES string of the molecule is CCCCOCC=CCN. The van der Waals surface area contributed by atoms with E-state index in [2.05, 4.69) is 6.92 Å². The summed E-state index contributed by atoms with van der Waals surface area (Å²) in [6.45, 7) is 4.33. The topological polar surface area (TPSA) is 35.2 Å². The first-order valence-electron chi connectivity index (χ1n) is 3.84. The fourth-order valence-corrected chi connectivity index (χ4v) is 0.562. The van der Waals surface area contributed by atoms with E-state index in [4.69, 9.17) is 10.5 Å². The van der Waals surface area contributed by atoms with Gasteiger partial charge in [-0.1, -0.05) is 25.5 Å². The third-order valence-electron chi connectivity index (χ3n) is 1.16. The fourth-order valence-electron chi connectivity index (χ4n) is 0.562. The molecule has 2 nitrogen and oxygen atoms in total. The van der Waals surface area contributed by atoms with Gasteiger partial charge in [-0.05, 0) is 6.42 Å². The van der Waals surface area contributed by atoms with E-state index in [0.717, 1.165) is 13.0 Å². The minimum atomic E-state index is 0.608. The first kappa shape index (κ1) is 9.66. The van der Waals surface area contributed by atoms with Crippen molar-refractivity contribution < 1.29 is 4.74 Å². The van der Waals surface area contributed by atoms with Crippen molar-refractivity contribution in [2.75, 3.05) is 19.8 Å². The number of rotatable bonds is 6. The largest absolute Gasteiger partial charge is 0.377 e. The van der Waals surface area contributed by atoms with Crippen LogP contribution in [0.2, 0.25) is 0 Å². The third kappa shape index (κ3) is 7.66. The lowest BCUT2D eigenvalue weighted by atomic mass is 10.4. The molecule has 0 aliphatic heterocycles. The summed E-state index contributed by atoms with van der Waals surface area (Å²) in [5.74, 6) is 0. The van der Waals surface area contributed by atoms with Gasteiger partial charge in [0.1, 0.15) is 0 Å². The summed E-state index contributed by atoms with van der Waals surface area (Å²) in [4.78, 5) is 0. The van der Waals surface area contributed by atoms with Crippen LogP contribution in [0.25, 0.3) is 0 Å². The van der Waals surface area contributed by atoms with Crippen LogP contribution in [0.5, 0.6) is 0 Å². The van der Waals surface area contributed by atoms with Crippen LogP contribution >= 0.6 is 0 Å². The molecule has 0 aromatic carbocycles. The van der Waals surface area contributed by atoms with Gasteiger partial charge in [-0.25, -0.2) is 0 Å². The molecule has 0 radical (unpaired) electrons. The van der Waals surface area contributed by atoms with Gasteiger partial charge in [0.05, 0.1) is 6.61 Å². The van der Waals surface area contributed by atoms with Gasteiger partial charge in [-0.2, -0.15) is 0 Å². The Hall–Kier alpha value is -0.340. The maximum absolute atomic E-state index is 5.23. The van der Waals surface area contributed by atoms with Crippen LogP contribution in [0.1, 0.15) is 19.8 Å². The molecule has 2 heteroatoms. The normalized spacial score (nSPS) is 11.0. The van der Waals surface area contributed by atoms with Crippen molar-refractivity contribution in [3.63, 3.8) is 0 Å². The molecule has 0 bridgehead atoms. The van der Waals surface area contributed by atoms with Crippen LogP contribution in [-0.4, -0.2) is 19.8 Å². The van der Waals surface area contributed by atoms with Crippen LogP contribution in [0.15, 0.2) is 12.2 Å². The van der Waals surface area contributed by atoms with Crippen molar-refractivity contribution in [3.05, 3.63) is 12.2 Å². The average Bonchev–Trinajstić information content (AvgIpc) is 1.97. The minimum Gasteiger partial charge on any atom is -0.377 e.